The van der Waals surface area contributed by atoms with Crippen LogP contribution in [0.4, 0.5) is 5.82 Å². The van der Waals surface area contributed by atoms with Crippen LogP contribution in [-0.4, -0.2) is 22.6 Å². The Morgan fingerprint density at radius 2 is 2.05 bits per heavy atom. The fourth-order valence-corrected chi connectivity index (χ4v) is 3.27. The normalized spacial score (nSPS) is 13.2. The quantitative estimate of drug-likeness (QED) is 0.882. The summed E-state index contributed by atoms with van der Waals surface area (Å²) < 4.78 is 0. The van der Waals surface area contributed by atoms with Crippen LogP contribution in [0, 0.1) is 19.8 Å². The SMILES string of the molecule is Cc1sc2ncnc(NC(CN)CC(C)C)c2c1C. The summed E-state index contributed by atoms with van der Waals surface area (Å²) in [7, 11) is 0. The summed E-state index contributed by atoms with van der Waals surface area (Å²) in [5.41, 5.74) is 7.12. The second-order valence-corrected chi connectivity index (χ2v) is 6.60. The third kappa shape index (κ3) is 3.04. The van der Waals surface area contributed by atoms with E-state index in [0.29, 0.717) is 12.5 Å². The molecule has 19 heavy (non-hydrogen) atoms. The van der Waals surface area contributed by atoms with E-state index < -0.39 is 0 Å². The molecule has 3 N–H and O–H groups in total. The van der Waals surface area contributed by atoms with Gasteiger partial charge >= 0.3 is 0 Å². The number of thiophene rings is 1. The molecular weight excluding hydrogens is 256 g/mol. The first-order valence-electron chi connectivity index (χ1n) is 6.70. The average Bonchev–Trinajstić information content (AvgIpc) is 2.65. The summed E-state index contributed by atoms with van der Waals surface area (Å²) in [6.07, 6.45) is 2.67. The van der Waals surface area contributed by atoms with E-state index >= 15 is 0 Å². The number of hydrogen-bond acceptors (Lipinski definition) is 5. The van der Waals surface area contributed by atoms with Gasteiger partial charge in [0, 0.05) is 17.5 Å². The number of rotatable bonds is 5. The zero-order valence-corrected chi connectivity index (χ0v) is 12.8. The first-order valence-corrected chi connectivity index (χ1v) is 7.51. The van der Waals surface area contributed by atoms with Gasteiger partial charge in [0.1, 0.15) is 17.0 Å². The van der Waals surface area contributed by atoms with E-state index in [-0.39, 0.29) is 6.04 Å². The molecule has 4 nitrogen and oxygen atoms in total. The molecule has 0 fully saturated rings. The van der Waals surface area contributed by atoms with E-state index in [0.717, 1.165) is 22.5 Å². The number of nitrogens with one attached hydrogen (secondary N) is 1. The third-order valence-electron chi connectivity index (χ3n) is 3.35. The van der Waals surface area contributed by atoms with Crippen molar-refractivity contribution in [3.8, 4) is 0 Å². The molecule has 1 atom stereocenters. The van der Waals surface area contributed by atoms with Crippen molar-refractivity contribution in [1.82, 2.24) is 9.97 Å². The van der Waals surface area contributed by atoms with Gasteiger partial charge < -0.3 is 11.1 Å². The van der Waals surface area contributed by atoms with E-state index in [9.17, 15) is 0 Å². The lowest BCUT2D eigenvalue weighted by molar-refractivity contribution is 0.521. The van der Waals surface area contributed by atoms with Gasteiger partial charge in [-0.3, -0.25) is 0 Å². The van der Waals surface area contributed by atoms with Crippen molar-refractivity contribution in [3.05, 3.63) is 16.8 Å². The maximum Gasteiger partial charge on any atom is 0.138 e. The van der Waals surface area contributed by atoms with Gasteiger partial charge in [-0.15, -0.1) is 11.3 Å². The molecule has 0 amide bonds. The van der Waals surface area contributed by atoms with Gasteiger partial charge in [-0.05, 0) is 31.7 Å². The molecule has 1 unspecified atom stereocenters. The summed E-state index contributed by atoms with van der Waals surface area (Å²) >= 11 is 1.72. The van der Waals surface area contributed by atoms with Crippen LogP contribution < -0.4 is 11.1 Å². The van der Waals surface area contributed by atoms with Crippen LogP contribution in [0.1, 0.15) is 30.7 Å². The summed E-state index contributed by atoms with van der Waals surface area (Å²) in [4.78, 5) is 11.1. The predicted octanol–water partition coefficient (Wildman–Crippen LogP) is 3.09. The van der Waals surface area contributed by atoms with E-state index in [2.05, 4.69) is 43.0 Å². The fourth-order valence-electron chi connectivity index (χ4n) is 2.27. The molecule has 0 saturated carbocycles. The number of aryl methyl sites for hydroxylation is 2. The average molecular weight is 278 g/mol. The Morgan fingerprint density at radius 1 is 1.32 bits per heavy atom. The molecule has 2 heterocycles. The second kappa shape index (κ2) is 5.84. The maximum atomic E-state index is 5.85. The smallest absolute Gasteiger partial charge is 0.138 e. The van der Waals surface area contributed by atoms with E-state index in [1.54, 1.807) is 17.7 Å². The lowest BCUT2D eigenvalue weighted by Crippen LogP contribution is -2.30. The van der Waals surface area contributed by atoms with Crippen molar-refractivity contribution in [3.63, 3.8) is 0 Å². The lowest BCUT2D eigenvalue weighted by Gasteiger charge is -2.19. The minimum Gasteiger partial charge on any atom is -0.365 e. The molecule has 0 aliphatic heterocycles. The summed E-state index contributed by atoms with van der Waals surface area (Å²) in [5, 5.41) is 4.63. The minimum atomic E-state index is 0.262. The van der Waals surface area contributed by atoms with Crippen molar-refractivity contribution < 1.29 is 0 Å². The highest BCUT2D eigenvalue weighted by Crippen LogP contribution is 2.32. The van der Waals surface area contributed by atoms with Crippen molar-refractivity contribution >= 4 is 27.4 Å². The molecule has 2 aromatic heterocycles. The van der Waals surface area contributed by atoms with Crippen LogP contribution in [0.2, 0.25) is 0 Å². The Balaban J connectivity index is 2.34. The molecule has 0 aromatic carbocycles. The van der Waals surface area contributed by atoms with Gasteiger partial charge in [-0.2, -0.15) is 0 Å². The number of fused-ring (bicyclic) bond motifs is 1. The predicted molar refractivity (Wildman–Crippen MR) is 82.8 cm³/mol. The standard InChI is InChI=1S/C14H22N4S/c1-8(2)5-11(6-15)18-13-12-9(3)10(4)19-14(12)17-7-16-13/h7-8,11H,5-6,15H2,1-4H3,(H,16,17,18). The molecule has 5 heteroatoms. The van der Waals surface area contributed by atoms with Gasteiger partial charge in [0.25, 0.3) is 0 Å². The van der Waals surface area contributed by atoms with Gasteiger partial charge in [-0.1, -0.05) is 13.8 Å². The summed E-state index contributed by atoms with van der Waals surface area (Å²) in [6.45, 7) is 9.29. The number of nitrogens with zero attached hydrogens (tertiary/aromatic N) is 2. The molecular formula is C14H22N4S. The first-order chi connectivity index (χ1) is 9.02. The molecule has 0 saturated heterocycles. The summed E-state index contributed by atoms with van der Waals surface area (Å²) in [6, 6.07) is 0.262. The lowest BCUT2D eigenvalue weighted by atomic mass is 10.0. The molecule has 104 valence electrons. The highest BCUT2D eigenvalue weighted by molar-refractivity contribution is 7.18. The topological polar surface area (TPSA) is 63.8 Å². The molecule has 0 aliphatic carbocycles. The molecule has 0 radical (unpaired) electrons. The highest BCUT2D eigenvalue weighted by atomic mass is 32.1. The van der Waals surface area contributed by atoms with Crippen LogP contribution in [0.5, 0.6) is 0 Å². The third-order valence-corrected chi connectivity index (χ3v) is 4.46. The zero-order chi connectivity index (χ0) is 14.0. The number of nitrogens with two attached hydrogens (primary N) is 1. The van der Waals surface area contributed by atoms with Crippen LogP contribution in [0.25, 0.3) is 10.2 Å². The number of hydrogen-bond donors (Lipinski definition) is 2. The van der Waals surface area contributed by atoms with Gasteiger partial charge in [0.05, 0.1) is 5.39 Å². The fraction of sp³-hybridized carbons (Fsp3) is 0.571. The Labute approximate surface area is 118 Å². The maximum absolute atomic E-state index is 5.85. The Morgan fingerprint density at radius 3 is 2.68 bits per heavy atom. The Kier molecular flexibility index (Phi) is 4.37. The van der Waals surface area contributed by atoms with Crippen LogP contribution in [0.15, 0.2) is 6.33 Å². The second-order valence-electron chi connectivity index (χ2n) is 5.39. The molecule has 2 aromatic rings. The largest absolute Gasteiger partial charge is 0.365 e. The van der Waals surface area contributed by atoms with E-state index in [4.69, 9.17) is 5.73 Å². The monoisotopic (exact) mass is 278 g/mol. The molecule has 0 spiro atoms. The Bertz CT molecular complexity index is 562. The molecule has 0 aliphatic rings. The van der Waals surface area contributed by atoms with E-state index in [1.807, 2.05) is 0 Å². The van der Waals surface area contributed by atoms with Gasteiger partial charge in [-0.25, -0.2) is 9.97 Å². The minimum absolute atomic E-state index is 0.262. The van der Waals surface area contributed by atoms with Crippen molar-refractivity contribution in [2.75, 3.05) is 11.9 Å². The zero-order valence-electron chi connectivity index (χ0n) is 12.0. The summed E-state index contributed by atoms with van der Waals surface area (Å²) in [5.74, 6) is 1.53. The number of aromatic nitrogens is 2. The van der Waals surface area contributed by atoms with Gasteiger partial charge in [0.15, 0.2) is 0 Å². The molecule has 0 bridgehead atoms. The van der Waals surface area contributed by atoms with Gasteiger partial charge in [0.2, 0.25) is 0 Å². The van der Waals surface area contributed by atoms with Crippen LogP contribution in [0.3, 0.4) is 0 Å². The van der Waals surface area contributed by atoms with Crippen molar-refractivity contribution in [2.45, 2.75) is 40.2 Å². The van der Waals surface area contributed by atoms with Crippen molar-refractivity contribution in [1.29, 1.82) is 0 Å². The van der Waals surface area contributed by atoms with Crippen LogP contribution in [-0.2, 0) is 0 Å². The first kappa shape index (κ1) is 14.2. The molecule has 2 rings (SSSR count). The Hall–Kier alpha value is -1.20. The van der Waals surface area contributed by atoms with Crippen molar-refractivity contribution in [2.24, 2.45) is 11.7 Å². The van der Waals surface area contributed by atoms with Crippen LogP contribution >= 0.6 is 11.3 Å². The number of anilines is 1. The van der Waals surface area contributed by atoms with E-state index in [1.165, 1.54) is 10.4 Å². The highest BCUT2D eigenvalue weighted by Gasteiger charge is 2.15.